The van der Waals surface area contributed by atoms with Crippen molar-refractivity contribution in [2.75, 3.05) is 0 Å². The summed E-state index contributed by atoms with van der Waals surface area (Å²) in [5.74, 6) is -1.06. The fourth-order valence-corrected chi connectivity index (χ4v) is 2.35. The Morgan fingerprint density at radius 2 is 1.43 bits per heavy atom. The van der Waals surface area contributed by atoms with Crippen molar-refractivity contribution in [2.24, 2.45) is 5.14 Å². The van der Waals surface area contributed by atoms with E-state index in [4.69, 9.17) is 5.14 Å². The molecular formula is C13H9F4NO2S. The summed E-state index contributed by atoms with van der Waals surface area (Å²) in [6.07, 6.45) is -4.46. The van der Waals surface area contributed by atoms with Gasteiger partial charge in [0.25, 0.3) is 0 Å². The van der Waals surface area contributed by atoms with E-state index in [1.807, 2.05) is 0 Å². The van der Waals surface area contributed by atoms with Crippen LogP contribution in [-0.2, 0) is 16.2 Å². The molecule has 2 aromatic carbocycles. The third kappa shape index (κ3) is 3.40. The average Bonchev–Trinajstić information content (AvgIpc) is 2.36. The van der Waals surface area contributed by atoms with Crippen LogP contribution < -0.4 is 5.14 Å². The standard InChI is InChI=1S/C13H9F4NO2S/c14-11-7-9(3-6-12(11)21(18,19)20)8-1-4-10(5-2-8)13(15,16)17/h1-7H,(H2,18,19,20). The van der Waals surface area contributed by atoms with E-state index in [0.29, 0.717) is 5.56 Å². The molecule has 0 saturated carbocycles. The Labute approximate surface area is 118 Å². The second-order valence-electron chi connectivity index (χ2n) is 4.27. The number of sulfonamides is 1. The van der Waals surface area contributed by atoms with Gasteiger partial charge < -0.3 is 0 Å². The number of rotatable bonds is 2. The van der Waals surface area contributed by atoms with Gasteiger partial charge in [0.05, 0.1) is 5.56 Å². The third-order valence-corrected chi connectivity index (χ3v) is 3.73. The van der Waals surface area contributed by atoms with E-state index >= 15 is 0 Å². The molecular weight excluding hydrogens is 310 g/mol. The normalized spacial score (nSPS) is 12.4. The van der Waals surface area contributed by atoms with Crippen LogP contribution >= 0.6 is 0 Å². The largest absolute Gasteiger partial charge is 0.416 e. The Morgan fingerprint density at radius 1 is 0.905 bits per heavy atom. The summed E-state index contributed by atoms with van der Waals surface area (Å²) in [5.41, 5.74) is -0.260. The predicted octanol–water partition coefficient (Wildman–Crippen LogP) is 3.16. The zero-order chi connectivity index (χ0) is 15.8. The van der Waals surface area contributed by atoms with Crippen LogP contribution in [0.3, 0.4) is 0 Å². The molecule has 3 nitrogen and oxygen atoms in total. The Kier molecular flexibility index (Phi) is 3.77. The SMILES string of the molecule is NS(=O)(=O)c1ccc(-c2ccc(C(F)(F)F)cc2)cc1F. The Morgan fingerprint density at radius 3 is 1.86 bits per heavy atom. The number of hydrogen-bond acceptors (Lipinski definition) is 2. The second kappa shape index (κ2) is 5.12. The number of alkyl halides is 3. The van der Waals surface area contributed by atoms with E-state index in [0.717, 1.165) is 24.3 Å². The van der Waals surface area contributed by atoms with Gasteiger partial charge in [0.1, 0.15) is 10.7 Å². The van der Waals surface area contributed by atoms with Crippen LogP contribution in [0.15, 0.2) is 47.4 Å². The molecule has 0 aliphatic carbocycles. The minimum Gasteiger partial charge on any atom is -0.225 e. The molecule has 0 radical (unpaired) electrons. The number of nitrogens with two attached hydrogens (primary N) is 1. The molecule has 8 heteroatoms. The van der Waals surface area contributed by atoms with Gasteiger partial charge in [-0.25, -0.2) is 17.9 Å². The molecule has 0 atom stereocenters. The molecule has 2 rings (SSSR count). The fraction of sp³-hybridized carbons (Fsp3) is 0.0769. The Hall–Kier alpha value is -1.93. The van der Waals surface area contributed by atoms with E-state index in [-0.39, 0.29) is 5.56 Å². The maximum absolute atomic E-state index is 13.7. The molecule has 21 heavy (non-hydrogen) atoms. The Balaban J connectivity index is 2.42. The van der Waals surface area contributed by atoms with Gasteiger partial charge in [0.15, 0.2) is 0 Å². The number of halogens is 4. The minimum absolute atomic E-state index is 0.244. The topological polar surface area (TPSA) is 60.2 Å². The van der Waals surface area contributed by atoms with Crippen LogP contribution in [0.5, 0.6) is 0 Å². The molecule has 2 aromatic rings. The van der Waals surface area contributed by atoms with Gasteiger partial charge in [-0.1, -0.05) is 18.2 Å². The van der Waals surface area contributed by atoms with E-state index < -0.39 is 32.5 Å². The van der Waals surface area contributed by atoms with Crippen LogP contribution in [-0.4, -0.2) is 8.42 Å². The second-order valence-corrected chi connectivity index (χ2v) is 5.80. The molecule has 0 saturated heterocycles. The number of benzene rings is 2. The number of primary sulfonamides is 1. The molecule has 0 aliphatic rings. The van der Waals surface area contributed by atoms with Crippen LogP contribution in [0.4, 0.5) is 17.6 Å². The lowest BCUT2D eigenvalue weighted by molar-refractivity contribution is -0.137. The van der Waals surface area contributed by atoms with E-state index in [9.17, 15) is 26.0 Å². The lowest BCUT2D eigenvalue weighted by atomic mass is 10.0. The molecule has 0 spiro atoms. The highest BCUT2D eigenvalue weighted by atomic mass is 32.2. The lowest BCUT2D eigenvalue weighted by Gasteiger charge is -2.08. The van der Waals surface area contributed by atoms with Crippen molar-refractivity contribution in [3.63, 3.8) is 0 Å². The van der Waals surface area contributed by atoms with Gasteiger partial charge in [-0.15, -0.1) is 0 Å². The van der Waals surface area contributed by atoms with Gasteiger partial charge >= 0.3 is 6.18 Å². The minimum atomic E-state index is -4.46. The third-order valence-electron chi connectivity index (χ3n) is 2.78. The number of hydrogen-bond donors (Lipinski definition) is 1. The van der Waals surface area contributed by atoms with Crippen molar-refractivity contribution in [3.8, 4) is 11.1 Å². The smallest absolute Gasteiger partial charge is 0.225 e. The zero-order valence-corrected chi connectivity index (χ0v) is 11.2. The first-order valence-corrected chi connectivity index (χ1v) is 7.13. The Bertz CT molecular complexity index is 768. The molecule has 0 bridgehead atoms. The summed E-state index contributed by atoms with van der Waals surface area (Å²) >= 11 is 0. The summed E-state index contributed by atoms with van der Waals surface area (Å²) in [7, 11) is -4.18. The maximum Gasteiger partial charge on any atom is 0.416 e. The summed E-state index contributed by atoms with van der Waals surface area (Å²) in [6, 6.07) is 7.22. The monoisotopic (exact) mass is 319 g/mol. The van der Waals surface area contributed by atoms with Gasteiger partial charge in [-0.2, -0.15) is 13.2 Å². The summed E-state index contributed by atoms with van der Waals surface area (Å²) < 4.78 is 73.1. The van der Waals surface area contributed by atoms with Gasteiger partial charge in [-0.3, -0.25) is 0 Å². The van der Waals surface area contributed by atoms with Crippen LogP contribution in [0.1, 0.15) is 5.56 Å². The van der Waals surface area contributed by atoms with Gasteiger partial charge in [0, 0.05) is 0 Å². The van der Waals surface area contributed by atoms with E-state index in [2.05, 4.69) is 0 Å². The molecule has 0 fully saturated rings. The van der Waals surface area contributed by atoms with Crippen molar-refractivity contribution in [3.05, 3.63) is 53.8 Å². The van der Waals surface area contributed by atoms with E-state index in [1.165, 1.54) is 18.2 Å². The average molecular weight is 319 g/mol. The van der Waals surface area contributed by atoms with Crippen molar-refractivity contribution in [1.82, 2.24) is 0 Å². The molecule has 0 heterocycles. The van der Waals surface area contributed by atoms with E-state index in [1.54, 1.807) is 0 Å². The van der Waals surface area contributed by atoms with Crippen molar-refractivity contribution < 1.29 is 26.0 Å². The predicted molar refractivity (Wildman–Crippen MR) is 68.2 cm³/mol. The molecule has 0 unspecified atom stereocenters. The first-order valence-electron chi connectivity index (χ1n) is 5.59. The van der Waals surface area contributed by atoms with Gasteiger partial charge in [-0.05, 0) is 35.4 Å². The first kappa shape index (κ1) is 15.5. The van der Waals surface area contributed by atoms with Crippen LogP contribution in [0, 0.1) is 5.82 Å². The van der Waals surface area contributed by atoms with Crippen molar-refractivity contribution in [1.29, 1.82) is 0 Å². The highest BCUT2D eigenvalue weighted by molar-refractivity contribution is 7.89. The fourth-order valence-electron chi connectivity index (χ4n) is 1.76. The maximum atomic E-state index is 13.7. The quantitative estimate of drug-likeness (QED) is 0.864. The summed E-state index contributed by atoms with van der Waals surface area (Å²) in [4.78, 5) is -0.668. The summed E-state index contributed by atoms with van der Waals surface area (Å²) in [5, 5.41) is 4.82. The van der Waals surface area contributed by atoms with Gasteiger partial charge in [0.2, 0.25) is 10.0 Å². The highest BCUT2D eigenvalue weighted by Crippen LogP contribution is 2.31. The highest BCUT2D eigenvalue weighted by Gasteiger charge is 2.30. The van der Waals surface area contributed by atoms with Crippen LogP contribution in [0.2, 0.25) is 0 Å². The van der Waals surface area contributed by atoms with Crippen molar-refractivity contribution in [2.45, 2.75) is 11.1 Å². The lowest BCUT2D eigenvalue weighted by Crippen LogP contribution is -2.13. The molecule has 2 N–H and O–H groups in total. The molecule has 0 aliphatic heterocycles. The molecule has 0 aromatic heterocycles. The first-order chi connectivity index (χ1) is 9.59. The molecule has 112 valence electrons. The molecule has 0 amide bonds. The summed E-state index contributed by atoms with van der Waals surface area (Å²) in [6.45, 7) is 0. The van der Waals surface area contributed by atoms with Crippen molar-refractivity contribution >= 4 is 10.0 Å². The zero-order valence-electron chi connectivity index (χ0n) is 10.4. The van der Waals surface area contributed by atoms with Crippen LogP contribution in [0.25, 0.3) is 11.1 Å².